The molecule has 3 rings (SSSR count). The Balaban J connectivity index is 1.67. The Morgan fingerprint density at radius 1 is 1.30 bits per heavy atom. The monoisotopic (exact) mass is 348 g/mol. The van der Waals surface area contributed by atoms with E-state index in [-0.39, 0.29) is 6.54 Å². The quantitative estimate of drug-likeness (QED) is 0.741. The second-order valence-corrected chi connectivity index (χ2v) is 7.91. The Hall–Kier alpha value is -2.03. The third kappa shape index (κ3) is 3.66. The van der Waals surface area contributed by atoms with Crippen LogP contribution in [0.4, 0.5) is 0 Å². The lowest BCUT2D eigenvalue weighted by Crippen LogP contribution is -2.27. The molecule has 0 radical (unpaired) electrons. The minimum atomic E-state index is -3.43. The zero-order valence-corrected chi connectivity index (χ0v) is 14.1. The molecule has 0 amide bonds. The number of aryl methyl sites for hydroxylation is 1. The van der Waals surface area contributed by atoms with Crippen molar-refractivity contribution >= 4 is 21.4 Å². The molecule has 0 saturated carbocycles. The molecule has 0 bridgehead atoms. The van der Waals surface area contributed by atoms with Gasteiger partial charge in [-0.05, 0) is 36.6 Å². The Kier molecular flexibility index (Phi) is 4.56. The highest BCUT2D eigenvalue weighted by atomic mass is 32.2. The van der Waals surface area contributed by atoms with Gasteiger partial charge in [0, 0.05) is 30.2 Å². The summed E-state index contributed by atoms with van der Waals surface area (Å²) < 4.78 is 28.8. The summed E-state index contributed by atoms with van der Waals surface area (Å²) in [7, 11) is -3.43. The molecule has 0 aliphatic heterocycles. The number of rotatable bonds is 6. The van der Waals surface area contributed by atoms with Crippen LogP contribution in [0.5, 0.6) is 0 Å². The van der Waals surface area contributed by atoms with Gasteiger partial charge in [-0.3, -0.25) is 9.67 Å². The molecule has 3 aromatic rings. The van der Waals surface area contributed by atoms with E-state index in [0.29, 0.717) is 10.8 Å². The van der Waals surface area contributed by atoms with Crippen molar-refractivity contribution in [3.05, 3.63) is 53.8 Å². The van der Waals surface area contributed by atoms with Gasteiger partial charge in [0.25, 0.3) is 0 Å². The number of pyridine rings is 1. The Bertz CT molecular complexity index is 872. The van der Waals surface area contributed by atoms with Crippen molar-refractivity contribution in [2.24, 2.45) is 0 Å². The fourth-order valence-corrected chi connectivity index (χ4v) is 4.22. The number of hydrogen-bond donors (Lipinski definition) is 1. The van der Waals surface area contributed by atoms with Crippen LogP contribution < -0.4 is 4.72 Å². The molecule has 0 atom stereocenters. The summed E-state index contributed by atoms with van der Waals surface area (Å²) in [5.74, 6) is 0. The van der Waals surface area contributed by atoms with Crippen LogP contribution in [0, 0.1) is 6.92 Å². The van der Waals surface area contributed by atoms with Crippen LogP contribution in [0.15, 0.2) is 52.3 Å². The average molecular weight is 348 g/mol. The third-order valence-corrected chi connectivity index (χ3v) is 6.17. The van der Waals surface area contributed by atoms with Gasteiger partial charge in [0.1, 0.15) is 4.21 Å². The predicted molar refractivity (Wildman–Crippen MR) is 89.7 cm³/mol. The zero-order chi connectivity index (χ0) is 16.3. The fourth-order valence-electron chi connectivity index (χ4n) is 2.17. The number of sulfonamides is 1. The van der Waals surface area contributed by atoms with Gasteiger partial charge in [0.05, 0.1) is 12.2 Å². The van der Waals surface area contributed by atoms with Gasteiger partial charge in [-0.15, -0.1) is 11.3 Å². The van der Waals surface area contributed by atoms with Crippen molar-refractivity contribution in [3.8, 4) is 11.3 Å². The standard InChI is InChI=1S/C15H16N4O2S2/c1-12-10-14(13-4-2-6-16-11-13)18-19(12)8-7-17-23(20,21)15-5-3-9-22-15/h2-6,9-11,17H,7-8H2,1H3. The van der Waals surface area contributed by atoms with Gasteiger partial charge in [-0.2, -0.15) is 5.10 Å². The van der Waals surface area contributed by atoms with Gasteiger partial charge in [0.15, 0.2) is 0 Å². The van der Waals surface area contributed by atoms with Crippen LogP contribution in [0.2, 0.25) is 0 Å². The van der Waals surface area contributed by atoms with Crippen molar-refractivity contribution in [3.63, 3.8) is 0 Å². The van der Waals surface area contributed by atoms with Gasteiger partial charge in [-0.1, -0.05) is 6.07 Å². The summed E-state index contributed by atoms with van der Waals surface area (Å²) in [6, 6.07) is 9.08. The number of thiophene rings is 1. The van der Waals surface area contributed by atoms with E-state index in [1.807, 2.05) is 25.1 Å². The highest BCUT2D eigenvalue weighted by molar-refractivity contribution is 7.91. The first-order valence-electron chi connectivity index (χ1n) is 7.04. The largest absolute Gasteiger partial charge is 0.268 e. The van der Waals surface area contributed by atoms with Crippen LogP contribution in [-0.4, -0.2) is 29.7 Å². The third-order valence-electron chi connectivity index (χ3n) is 3.31. The van der Waals surface area contributed by atoms with Crippen molar-refractivity contribution in [1.82, 2.24) is 19.5 Å². The van der Waals surface area contributed by atoms with Gasteiger partial charge in [0.2, 0.25) is 10.0 Å². The molecule has 0 spiro atoms. The molecule has 0 saturated heterocycles. The number of hydrogen-bond acceptors (Lipinski definition) is 5. The number of aromatic nitrogens is 3. The molecule has 6 nitrogen and oxygen atoms in total. The molecule has 0 fully saturated rings. The SMILES string of the molecule is Cc1cc(-c2cccnc2)nn1CCNS(=O)(=O)c1cccs1. The maximum absolute atomic E-state index is 12.1. The molecule has 0 aliphatic carbocycles. The van der Waals surface area contributed by atoms with Crippen LogP contribution >= 0.6 is 11.3 Å². The van der Waals surface area contributed by atoms with Crippen LogP contribution in [0.3, 0.4) is 0 Å². The second-order valence-electron chi connectivity index (χ2n) is 4.97. The normalized spacial score (nSPS) is 11.7. The fraction of sp³-hybridized carbons (Fsp3) is 0.200. The van der Waals surface area contributed by atoms with Crippen LogP contribution in [0.25, 0.3) is 11.3 Å². The molecule has 0 aliphatic rings. The number of nitrogens with one attached hydrogen (secondary N) is 1. The minimum Gasteiger partial charge on any atom is -0.268 e. The molecule has 3 heterocycles. The molecular formula is C15H16N4O2S2. The second kappa shape index (κ2) is 6.61. The molecule has 0 unspecified atom stereocenters. The van der Waals surface area contributed by atoms with E-state index in [2.05, 4.69) is 14.8 Å². The Morgan fingerprint density at radius 2 is 2.17 bits per heavy atom. The summed E-state index contributed by atoms with van der Waals surface area (Å²) >= 11 is 1.20. The van der Waals surface area contributed by atoms with Gasteiger partial charge in [-0.25, -0.2) is 13.1 Å². The lowest BCUT2D eigenvalue weighted by atomic mass is 10.2. The maximum Gasteiger partial charge on any atom is 0.250 e. The maximum atomic E-state index is 12.1. The first-order chi connectivity index (χ1) is 11.1. The first kappa shape index (κ1) is 15.9. The van der Waals surface area contributed by atoms with E-state index in [1.165, 1.54) is 11.3 Å². The molecule has 120 valence electrons. The Morgan fingerprint density at radius 3 is 2.87 bits per heavy atom. The van der Waals surface area contributed by atoms with E-state index in [1.54, 1.807) is 34.6 Å². The van der Waals surface area contributed by atoms with Crippen LogP contribution in [-0.2, 0) is 16.6 Å². The average Bonchev–Trinajstić information content (AvgIpc) is 3.19. The predicted octanol–water partition coefficient (Wildman–Crippen LogP) is 2.29. The first-order valence-corrected chi connectivity index (χ1v) is 9.40. The molecule has 0 aromatic carbocycles. The summed E-state index contributed by atoms with van der Waals surface area (Å²) in [6.45, 7) is 2.70. The molecule has 1 N–H and O–H groups in total. The van der Waals surface area contributed by atoms with Crippen molar-refractivity contribution in [2.75, 3.05) is 6.54 Å². The summed E-state index contributed by atoms with van der Waals surface area (Å²) in [6.07, 6.45) is 3.47. The summed E-state index contributed by atoms with van der Waals surface area (Å²) in [4.78, 5) is 4.08. The highest BCUT2D eigenvalue weighted by Gasteiger charge is 2.14. The van der Waals surface area contributed by atoms with E-state index in [9.17, 15) is 8.42 Å². The van der Waals surface area contributed by atoms with E-state index in [4.69, 9.17) is 0 Å². The minimum absolute atomic E-state index is 0.287. The topological polar surface area (TPSA) is 76.9 Å². The van der Waals surface area contributed by atoms with Crippen molar-refractivity contribution < 1.29 is 8.42 Å². The lowest BCUT2D eigenvalue weighted by Gasteiger charge is -2.06. The summed E-state index contributed by atoms with van der Waals surface area (Å²) in [5, 5.41) is 6.25. The van der Waals surface area contributed by atoms with E-state index < -0.39 is 10.0 Å². The zero-order valence-electron chi connectivity index (χ0n) is 12.5. The van der Waals surface area contributed by atoms with Crippen LogP contribution in [0.1, 0.15) is 5.69 Å². The van der Waals surface area contributed by atoms with E-state index >= 15 is 0 Å². The highest BCUT2D eigenvalue weighted by Crippen LogP contribution is 2.18. The Labute approximate surface area is 138 Å². The van der Waals surface area contributed by atoms with Gasteiger partial charge >= 0.3 is 0 Å². The van der Waals surface area contributed by atoms with Crippen molar-refractivity contribution in [1.29, 1.82) is 0 Å². The molecule has 8 heteroatoms. The molecular weight excluding hydrogens is 332 g/mol. The van der Waals surface area contributed by atoms with E-state index in [0.717, 1.165) is 17.0 Å². The van der Waals surface area contributed by atoms with Crippen molar-refractivity contribution in [2.45, 2.75) is 17.7 Å². The lowest BCUT2D eigenvalue weighted by molar-refractivity contribution is 0.558. The van der Waals surface area contributed by atoms with Gasteiger partial charge < -0.3 is 0 Å². The molecule has 3 aromatic heterocycles. The number of nitrogens with zero attached hydrogens (tertiary/aromatic N) is 3. The molecule has 23 heavy (non-hydrogen) atoms. The smallest absolute Gasteiger partial charge is 0.250 e. The summed E-state index contributed by atoms with van der Waals surface area (Å²) in [5.41, 5.74) is 2.74.